The zero-order valence-electron chi connectivity index (χ0n) is 59.8. The topological polar surface area (TPSA) is 162 Å². The van der Waals surface area contributed by atoms with Crippen molar-refractivity contribution in [2.75, 3.05) is 26.9 Å². The van der Waals surface area contributed by atoms with Crippen LogP contribution in [0.15, 0.2) is 159 Å². The number of aliphatic hydroxyl groups is 3. The van der Waals surface area contributed by atoms with E-state index < -0.39 is 59.9 Å². The number of carbonyl (C=O) groups excluding carboxylic acids is 2. The van der Waals surface area contributed by atoms with E-state index in [1.54, 1.807) is 0 Å². The van der Waals surface area contributed by atoms with Crippen molar-refractivity contribution >= 4 is 35.1 Å². The molecule has 21 bridgehead atoms. The van der Waals surface area contributed by atoms with Gasteiger partial charge in [-0.15, -0.1) is 0 Å². The molecule has 18 aliphatic rings. The molecule has 3 N–H and O–H groups in total. The van der Waals surface area contributed by atoms with Gasteiger partial charge in [-0.2, -0.15) is 0 Å². The molecule has 1 aromatic heterocycles. The highest BCUT2D eigenvalue weighted by molar-refractivity contribution is 5.91. The first-order chi connectivity index (χ1) is 50.8. The molecule has 11 heteroatoms. The van der Waals surface area contributed by atoms with Crippen LogP contribution in [0.2, 0.25) is 0 Å². The molecule has 7 aromatic rings. The van der Waals surface area contributed by atoms with Crippen molar-refractivity contribution in [2.45, 2.75) is 187 Å². The Bertz CT molecular complexity index is 5030. The minimum absolute atomic E-state index is 0.0165. The van der Waals surface area contributed by atoms with E-state index in [9.17, 15) is 15.3 Å². The lowest BCUT2D eigenvalue weighted by atomic mass is 9.48. The number of rotatable bonds is 7. The number of aliphatic hydroxyl groups excluding tert-OH is 3. The number of benzene rings is 6. The third-order valence-electron chi connectivity index (χ3n) is 29.5. The second-order valence-electron chi connectivity index (χ2n) is 33.9. The van der Waals surface area contributed by atoms with Crippen LogP contribution in [0.1, 0.15) is 234 Å². The summed E-state index contributed by atoms with van der Waals surface area (Å²) in [5.41, 5.74) is 17.0. The molecule has 4 fully saturated rings. The molecular weight excluding hydrogens is 1290 g/mol. The minimum Gasteiger partial charge on any atom is -0.483 e. The number of fused-ring (bicyclic) bond motifs is 9. The van der Waals surface area contributed by atoms with Crippen LogP contribution in [-0.2, 0) is 54.1 Å². The van der Waals surface area contributed by atoms with Crippen molar-refractivity contribution in [2.24, 2.45) is 47.3 Å². The van der Waals surface area contributed by atoms with Gasteiger partial charge in [0.05, 0.1) is 25.4 Å². The quantitative estimate of drug-likeness (QED) is 0.0458. The van der Waals surface area contributed by atoms with E-state index in [2.05, 4.69) is 152 Å². The smallest absolute Gasteiger partial charge is 0.340 e. The summed E-state index contributed by atoms with van der Waals surface area (Å²) >= 11 is 0. The van der Waals surface area contributed by atoms with Crippen LogP contribution in [0.5, 0.6) is 5.75 Å². The molecule has 3 saturated carbocycles. The highest BCUT2D eigenvalue weighted by Gasteiger charge is 2.65. The molecule has 19 unspecified atom stereocenters. The van der Waals surface area contributed by atoms with Crippen molar-refractivity contribution in [3.8, 4) is 17.6 Å². The first-order valence-electron chi connectivity index (χ1n) is 39.2. The molecule has 530 valence electrons. The zero-order chi connectivity index (χ0) is 70.2. The Kier molecular flexibility index (Phi) is 15.4. The normalized spacial score (nSPS) is 34.5. The molecule has 5 heterocycles. The Labute approximate surface area is 608 Å². The highest BCUT2D eigenvalue weighted by atomic mass is 16.6. The van der Waals surface area contributed by atoms with E-state index in [1.165, 1.54) is 86.7 Å². The van der Waals surface area contributed by atoms with E-state index in [0.717, 1.165) is 68.9 Å². The van der Waals surface area contributed by atoms with Gasteiger partial charge >= 0.3 is 17.6 Å². The van der Waals surface area contributed by atoms with Gasteiger partial charge in [0.25, 0.3) is 0 Å². The van der Waals surface area contributed by atoms with Crippen LogP contribution in [0.25, 0.3) is 23.1 Å². The van der Waals surface area contributed by atoms with Gasteiger partial charge in [0.1, 0.15) is 11.3 Å². The van der Waals surface area contributed by atoms with Crippen LogP contribution >= 0.6 is 0 Å². The largest absolute Gasteiger partial charge is 0.483 e. The van der Waals surface area contributed by atoms with E-state index in [0.29, 0.717) is 52.5 Å². The van der Waals surface area contributed by atoms with Crippen molar-refractivity contribution < 1.29 is 48.3 Å². The maximum atomic E-state index is 16.9. The second-order valence-corrected chi connectivity index (χ2v) is 33.9. The third-order valence-corrected chi connectivity index (χ3v) is 29.5. The number of carbonyl (C=O) groups is 2. The number of ether oxygens (including phenoxy) is 4. The summed E-state index contributed by atoms with van der Waals surface area (Å²) in [6, 6.07) is 44.2. The fraction of sp³-hybridized carbons (Fsp3) is 0.452. The molecule has 14 aliphatic carbocycles. The summed E-state index contributed by atoms with van der Waals surface area (Å²) in [5, 5.41) is 34.1. The molecule has 19 atom stereocenters. The molecule has 4 aliphatic heterocycles. The first-order valence-corrected chi connectivity index (χ1v) is 39.2. The van der Waals surface area contributed by atoms with Gasteiger partial charge in [0, 0.05) is 88.6 Å². The number of hydrogen-bond acceptors (Lipinski definition) is 11. The summed E-state index contributed by atoms with van der Waals surface area (Å²) in [5.74, 6) is 6.49. The molecular formula is C93H92O11. The Hall–Kier alpha value is -8.37. The van der Waals surface area contributed by atoms with Gasteiger partial charge in [0.15, 0.2) is 17.8 Å². The lowest BCUT2D eigenvalue weighted by Crippen LogP contribution is -2.59. The van der Waals surface area contributed by atoms with Crippen molar-refractivity contribution in [3.05, 3.63) is 250 Å². The van der Waals surface area contributed by atoms with Gasteiger partial charge in [-0.25, -0.2) is 9.59 Å². The Morgan fingerprint density at radius 3 is 2.48 bits per heavy atom. The maximum Gasteiger partial charge on any atom is 0.340 e. The molecule has 6 aromatic carbocycles. The number of methoxy groups -OCH3 is 1. The van der Waals surface area contributed by atoms with Gasteiger partial charge in [-0.05, 0) is 246 Å². The molecule has 11 nitrogen and oxygen atoms in total. The number of hydrogen-bond donors (Lipinski definition) is 3. The van der Waals surface area contributed by atoms with Crippen LogP contribution in [0.4, 0.5) is 0 Å². The Morgan fingerprint density at radius 1 is 0.760 bits per heavy atom. The summed E-state index contributed by atoms with van der Waals surface area (Å²) in [4.78, 5) is 48.5. The van der Waals surface area contributed by atoms with E-state index >= 15 is 14.4 Å². The fourth-order valence-corrected chi connectivity index (χ4v) is 25.2. The third kappa shape index (κ3) is 9.45. The lowest BCUT2D eigenvalue weighted by molar-refractivity contribution is -0.202. The van der Waals surface area contributed by atoms with Gasteiger partial charge in [-0.1, -0.05) is 152 Å². The van der Waals surface area contributed by atoms with Gasteiger partial charge in [0.2, 0.25) is 0 Å². The Balaban J connectivity index is 0.884. The molecule has 2 spiro atoms. The predicted octanol–water partition coefficient (Wildman–Crippen LogP) is 16.6. The summed E-state index contributed by atoms with van der Waals surface area (Å²) in [7, 11) is 1.54. The van der Waals surface area contributed by atoms with E-state index in [4.69, 9.17) is 23.4 Å². The highest BCUT2D eigenvalue weighted by Crippen LogP contribution is 2.68. The van der Waals surface area contributed by atoms with Crippen LogP contribution in [-0.4, -0.2) is 65.9 Å². The fourth-order valence-electron chi connectivity index (χ4n) is 25.2. The first kappa shape index (κ1) is 65.2. The van der Waals surface area contributed by atoms with Crippen LogP contribution in [0.3, 0.4) is 0 Å². The average Bonchev–Trinajstić information content (AvgIpc) is 0.757. The second kappa shape index (κ2) is 24.6. The monoisotopic (exact) mass is 1380 g/mol. The summed E-state index contributed by atoms with van der Waals surface area (Å²) in [6.45, 7) is 2.82. The zero-order valence-corrected chi connectivity index (χ0v) is 59.8. The molecule has 1 saturated heterocycles. The summed E-state index contributed by atoms with van der Waals surface area (Å²) < 4.78 is 35.3. The standard InChI is InChI=1S/C93H92O11/c1-50(47-95)71-45-73-68-30-23-56-41-72(68)60-42-75-79-46-74-67-13-5-4-9-54(67)39-57(83(74)75)21-26-61-12-8-35-92(61,80(73)43-60)62-24-17-51(18-25-62)37-52-16-19-53-20-27-63-10-6-11-64-28-31-69-66(14-7-15-77(69)93(63,64)78(53)38-52)55-22-29-65(56)59(40-55)44-82(97)101-87-85-81(104-91(79,2)88(87)103-89(71)98)33-32-70-76(48-96)84(90(99)102-86(70)85)58(34-36-94)49-100-3/h4-5,7,9,13-20,22-25,27,29-30,32-33,38-39,41,55,58-61,63-65,73-75,79-80,83,87-88,94-96H,6,8,10-12,28,31,34-37,40,42-49H2,1-3H3. The molecule has 104 heavy (non-hydrogen) atoms. The molecule has 25 rings (SSSR count). The van der Waals surface area contributed by atoms with Crippen molar-refractivity contribution in [3.63, 3.8) is 0 Å². The van der Waals surface area contributed by atoms with Crippen LogP contribution in [0, 0.1) is 59.2 Å². The maximum absolute atomic E-state index is 16.9. The minimum atomic E-state index is -1.45. The van der Waals surface area contributed by atoms with Crippen molar-refractivity contribution in [1.29, 1.82) is 0 Å². The molecule has 0 amide bonds. The van der Waals surface area contributed by atoms with Crippen molar-refractivity contribution in [1.82, 2.24) is 0 Å². The van der Waals surface area contributed by atoms with Gasteiger partial charge in [-0.3, -0.25) is 4.79 Å². The summed E-state index contributed by atoms with van der Waals surface area (Å²) in [6.07, 6.45) is 22.2. The molecule has 0 radical (unpaired) electrons. The number of allylic oxidation sites excluding steroid dienone is 4. The van der Waals surface area contributed by atoms with E-state index in [1.807, 2.05) is 19.1 Å². The van der Waals surface area contributed by atoms with E-state index in [-0.39, 0.29) is 120 Å². The average molecular weight is 1390 g/mol. The number of esters is 2. The lowest BCUT2D eigenvalue weighted by Gasteiger charge is -2.55. The van der Waals surface area contributed by atoms with Crippen LogP contribution < -0.4 is 10.4 Å². The SMILES string of the molecule is COCC(CCO)c1c(CO)c2ccc3c(c2oc1=O)C1OC(=O)CC2CC4C=CC2c2ccc5c(c2)C2CC6C7C8=Cc9ccccc9C7CC6C(C)(O3)C1OC(=O)C(=C(C)CO)CC5C(C2)C1(CCCC1C#C8)c1ccc(cc1)Cc1ccc2c(c1)C13c5cccc4c5CCC1CCCC3C=C2. The Morgan fingerprint density at radius 2 is 1.62 bits per heavy atom. The van der Waals surface area contributed by atoms with Gasteiger partial charge < -0.3 is 38.7 Å². The predicted molar refractivity (Wildman–Crippen MR) is 399 cm³/mol.